The van der Waals surface area contributed by atoms with Crippen molar-refractivity contribution >= 4 is 35.5 Å². The number of rotatable bonds is 15. The molecule has 4 unspecified atom stereocenters. The monoisotopic (exact) mass is 522 g/mol. The fourth-order valence-electron chi connectivity index (χ4n) is 3.37. The third kappa shape index (κ3) is 9.00. The summed E-state index contributed by atoms with van der Waals surface area (Å²) in [6.45, 7) is 3.50. The minimum atomic E-state index is -1.16. The number of thioether (sulfide) groups is 1. The molecule has 0 radical (unpaired) electrons. The largest absolute Gasteiger partial charge is 0.480 e. The summed E-state index contributed by atoms with van der Waals surface area (Å²) in [5, 5.41) is 17.3. The number of nitrogens with one attached hydrogen (secondary N) is 5. The molecule has 0 aliphatic rings. The fourth-order valence-corrected chi connectivity index (χ4v) is 3.85. The Hall–Kier alpha value is -3.39. The number of carbonyl (C=O) groups excluding carboxylic acids is 3. The molecule has 0 saturated carbocycles. The second-order valence-electron chi connectivity index (χ2n) is 8.64. The average Bonchev–Trinajstić information content (AvgIpc) is 3.53. The number of carbonyl (C=O) groups is 4. The third-order valence-corrected chi connectivity index (χ3v) is 6.06. The first kappa shape index (κ1) is 28.8. The van der Waals surface area contributed by atoms with Crippen molar-refractivity contribution in [1.29, 1.82) is 0 Å². The van der Waals surface area contributed by atoms with Gasteiger partial charge in [-0.3, -0.25) is 14.4 Å². The quantitative estimate of drug-likeness (QED) is 0.156. The number of aromatic amines is 2. The zero-order valence-corrected chi connectivity index (χ0v) is 21.3. The lowest BCUT2D eigenvalue weighted by molar-refractivity contribution is -0.142. The number of H-pyrrole nitrogens is 2. The maximum atomic E-state index is 13.2. The van der Waals surface area contributed by atoms with Gasteiger partial charge in [0.25, 0.3) is 0 Å². The first-order valence-electron chi connectivity index (χ1n) is 11.4. The maximum absolute atomic E-state index is 13.2. The molecule has 0 bridgehead atoms. The average molecular weight is 523 g/mol. The van der Waals surface area contributed by atoms with Crippen LogP contribution in [0.3, 0.4) is 0 Å². The van der Waals surface area contributed by atoms with Crippen molar-refractivity contribution < 1.29 is 24.3 Å². The van der Waals surface area contributed by atoms with Gasteiger partial charge in [-0.15, -0.1) is 0 Å². The molecule has 0 fully saturated rings. The van der Waals surface area contributed by atoms with Gasteiger partial charge in [-0.25, -0.2) is 14.8 Å². The van der Waals surface area contributed by atoms with Crippen molar-refractivity contribution in [2.75, 3.05) is 12.0 Å². The second-order valence-corrected chi connectivity index (χ2v) is 9.63. The highest BCUT2D eigenvalue weighted by Crippen LogP contribution is 2.08. The topological polar surface area (TPSA) is 208 Å². The molecule has 0 aliphatic carbocycles. The van der Waals surface area contributed by atoms with Crippen LogP contribution in [0.1, 0.15) is 31.7 Å². The summed E-state index contributed by atoms with van der Waals surface area (Å²) in [6.07, 6.45) is 8.29. The minimum Gasteiger partial charge on any atom is -0.480 e. The Bertz CT molecular complexity index is 983. The number of hydrogen-bond acceptors (Lipinski definition) is 8. The number of nitrogens with zero attached hydrogens (tertiary/aromatic N) is 2. The lowest BCUT2D eigenvalue weighted by atomic mass is 10.0. The van der Waals surface area contributed by atoms with Crippen LogP contribution in [0.2, 0.25) is 0 Å². The van der Waals surface area contributed by atoms with Crippen LogP contribution in [0, 0.1) is 5.92 Å². The van der Waals surface area contributed by atoms with E-state index >= 15 is 0 Å². The molecular formula is C22H34N8O5S. The van der Waals surface area contributed by atoms with Crippen LogP contribution in [0.15, 0.2) is 25.0 Å². The SMILES string of the molecule is CSCCC(NC(=O)C(Cc1cnc[nH]1)NC(=O)C(NC(=O)C(N)Cc1cnc[nH]1)C(C)C)C(=O)O. The van der Waals surface area contributed by atoms with Crippen LogP contribution >= 0.6 is 11.8 Å². The summed E-state index contributed by atoms with van der Waals surface area (Å²) < 4.78 is 0. The van der Waals surface area contributed by atoms with Crippen LogP contribution in [-0.4, -0.2) is 84.9 Å². The summed E-state index contributed by atoms with van der Waals surface area (Å²) in [7, 11) is 0. The molecule has 198 valence electrons. The predicted molar refractivity (Wildman–Crippen MR) is 134 cm³/mol. The first-order valence-corrected chi connectivity index (χ1v) is 12.8. The van der Waals surface area contributed by atoms with Gasteiger partial charge < -0.3 is 36.8 Å². The summed E-state index contributed by atoms with van der Waals surface area (Å²) in [4.78, 5) is 64.1. The zero-order valence-electron chi connectivity index (χ0n) is 20.5. The van der Waals surface area contributed by atoms with Crippen molar-refractivity contribution in [1.82, 2.24) is 35.9 Å². The molecule has 0 aromatic carbocycles. The molecule has 0 saturated heterocycles. The van der Waals surface area contributed by atoms with Crippen molar-refractivity contribution in [2.45, 2.75) is 57.3 Å². The van der Waals surface area contributed by atoms with Gasteiger partial charge in [0.1, 0.15) is 18.1 Å². The van der Waals surface area contributed by atoms with E-state index in [0.29, 0.717) is 17.1 Å². The Morgan fingerprint density at radius 1 is 0.944 bits per heavy atom. The highest BCUT2D eigenvalue weighted by Gasteiger charge is 2.32. The molecule has 4 atom stereocenters. The Kier molecular flexibility index (Phi) is 11.4. The van der Waals surface area contributed by atoms with Gasteiger partial charge in [0.15, 0.2) is 0 Å². The van der Waals surface area contributed by atoms with Crippen molar-refractivity contribution in [3.8, 4) is 0 Å². The summed E-state index contributed by atoms with van der Waals surface area (Å²) in [5.74, 6) is -2.73. The summed E-state index contributed by atoms with van der Waals surface area (Å²) in [6, 6.07) is -4.11. The number of carboxylic acids is 1. The van der Waals surface area contributed by atoms with E-state index in [1.165, 1.54) is 30.6 Å². The minimum absolute atomic E-state index is 0.0462. The normalized spacial score (nSPS) is 14.5. The standard InChI is InChI=1S/C22H34N8O5S/c1-12(2)18(30-19(31)15(23)6-13-8-24-10-26-13)21(33)29-17(7-14-9-25-11-27-14)20(32)28-16(22(34)35)4-5-36-3/h8-12,15-18H,4-7,23H2,1-3H3,(H,24,26)(H,25,27)(H,28,32)(H,29,33)(H,30,31)(H,34,35). The molecule has 2 rings (SSSR count). The molecule has 2 aromatic rings. The number of imidazole rings is 2. The molecule has 2 heterocycles. The van der Waals surface area contributed by atoms with Crippen LogP contribution < -0.4 is 21.7 Å². The molecule has 36 heavy (non-hydrogen) atoms. The fraction of sp³-hybridized carbons (Fsp3) is 0.545. The first-order chi connectivity index (χ1) is 17.1. The van der Waals surface area contributed by atoms with Gasteiger partial charge in [0.2, 0.25) is 17.7 Å². The van der Waals surface area contributed by atoms with E-state index in [1.807, 2.05) is 6.26 Å². The number of nitrogens with two attached hydrogens (primary N) is 1. The number of aromatic nitrogens is 4. The zero-order chi connectivity index (χ0) is 26.7. The summed E-state index contributed by atoms with van der Waals surface area (Å²) >= 11 is 1.46. The van der Waals surface area contributed by atoms with Gasteiger partial charge in [0, 0.05) is 36.6 Å². The molecule has 3 amide bonds. The second kappa shape index (κ2) is 14.2. The molecular weight excluding hydrogens is 488 g/mol. The van der Waals surface area contributed by atoms with E-state index in [4.69, 9.17) is 5.73 Å². The lowest BCUT2D eigenvalue weighted by Gasteiger charge is -2.27. The molecule has 0 spiro atoms. The third-order valence-electron chi connectivity index (χ3n) is 5.42. The molecule has 0 aliphatic heterocycles. The Morgan fingerprint density at radius 3 is 2.03 bits per heavy atom. The van der Waals surface area contributed by atoms with E-state index in [1.54, 1.807) is 20.0 Å². The maximum Gasteiger partial charge on any atom is 0.326 e. The van der Waals surface area contributed by atoms with E-state index in [-0.39, 0.29) is 25.2 Å². The van der Waals surface area contributed by atoms with Gasteiger partial charge in [-0.05, 0) is 24.3 Å². The molecule has 14 heteroatoms. The Morgan fingerprint density at radius 2 is 1.53 bits per heavy atom. The van der Waals surface area contributed by atoms with E-state index in [9.17, 15) is 24.3 Å². The van der Waals surface area contributed by atoms with Gasteiger partial charge in [-0.1, -0.05) is 13.8 Å². The van der Waals surface area contributed by atoms with Gasteiger partial charge in [0.05, 0.1) is 18.7 Å². The molecule has 2 aromatic heterocycles. The molecule has 13 nitrogen and oxygen atoms in total. The van der Waals surface area contributed by atoms with Crippen molar-refractivity contribution in [3.63, 3.8) is 0 Å². The predicted octanol–water partition coefficient (Wildman–Crippen LogP) is -0.807. The van der Waals surface area contributed by atoms with Gasteiger partial charge in [-0.2, -0.15) is 11.8 Å². The summed E-state index contributed by atoms with van der Waals surface area (Å²) in [5.41, 5.74) is 7.24. The van der Waals surface area contributed by atoms with E-state index in [0.717, 1.165) is 0 Å². The highest BCUT2D eigenvalue weighted by atomic mass is 32.2. The van der Waals surface area contributed by atoms with Crippen molar-refractivity contribution in [3.05, 3.63) is 36.4 Å². The number of aliphatic carboxylic acids is 1. The van der Waals surface area contributed by atoms with Crippen molar-refractivity contribution in [2.24, 2.45) is 11.7 Å². The number of carboxylic acid groups (broad SMARTS) is 1. The Balaban J connectivity index is 2.12. The van der Waals surface area contributed by atoms with Crippen LogP contribution in [0.25, 0.3) is 0 Å². The Labute approximate surface area is 213 Å². The van der Waals surface area contributed by atoms with Crippen LogP contribution in [-0.2, 0) is 32.0 Å². The number of amides is 3. The lowest BCUT2D eigenvalue weighted by Crippen LogP contribution is -2.59. The van der Waals surface area contributed by atoms with E-state index < -0.39 is 47.9 Å². The van der Waals surface area contributed by atoms with Crippen LogP contribution in [0.5, 0.6) is 0 Å². The van der Waals surface area contributed by atoms with Crippen LogP contribution in [0.4, 0.5) is 0 Å². The smallest absolute Gasteiger partial charge is 0.326 e. The van der Waals surface area contributed by atoms with Gasteiger partial charge >= 0.3 is 5.97 Å². The molecule has 8 N–H and O–H groups in total. The highest BCUT2D eigenvalue weighted by molar-refractivity contribution is 7.98. The van der Waals surface area contributed by atoms with E-state index in [2.05, 4.69) is 35.9 Å². The number of hydrogen-bond donors (Lipinski definition) is 7.